The Labute approximate surface area is 542 Å². The van der Waals surface area contributed by atoms with Crippen molar-refractivity contribution in [3.63, 3.8) is 0 Å². The molecule has 0 unspecified atom stereocenters. The van der Waals surface area contributed by atoms with Gasteiger partial charge in [0.25, 0.3) is 0 Å². The number of hydrogen-bond donors (Lipinski definition) is 0. The largest absolute Gasteiger partial charge is 0.379 e. The Kier molecular flexibility index (Phi) is 22.3. The van der Waals surface area contributed by atoms with Crippen molar-refractivity contribution in [2.45, 2.75) is 66.6 Å². The maximum atomic E-state index is 6.13. The smallest absolute Gasteiger partial charge is 0.0701 e. The van der Waals surface area contributed by atoms with Crippen LogP contribution in [0.2, 0.25) is 0 Å². The van der Waals surface area contributed by atoms with E-state index >= 15 is 0 Å². The number of aryl methyl sites for hydroxylation is 1. The molecular weight excluding hydrogens is 1150 g/mol. The predicted molar refractivity (Wildman–Crippen MR) is 377 cm³/mol. The van der Waals surface area contributed by atoms with E-state index in [2.05, 4.69) is 210 Å². The highest BCUT2D eigenvalue weighted by Crippen LogP contribution is 2.44. The van der Waals surface area contributed by atoms with Gasteiger partial charge in [-0.05, 0) is 167 Å². The number of fused-ring (bicyclic) bond motifs is 10. The molecule has 2 aliphatic rings. The minimum atomic E-state index is 0.565. The Hall–Kier alpha value is -8.02. The molecule has 0 fully saturated rings. The van der Waals surface area contributed by atoms with Gasteiger partial charge in [0.1, 0.15) is 0 Å². The summed E-state index contributed by atoms with van der Waals surface area (Å²) >= 11 is 0. The fourth-order valence-corrected chi connectivity index (χ4v) is 13.3. The summed E-state index contributed by atoms with van der Waals surface area (Å²) in [6, 6.07) is 56.5. The number of hydrogen-bond acceptors (Lipinski definition) is 11. The molecule has 14 heteroatoms. The first kappa shape index (κ1) is 64.1. The highest BCUT2D eigenvalue weighted by Gasteiger charge is 2.24. The fraction of sp³-hybridized carbons (Fsp3) is 0.359. The molecule has 92 heavy (non-hydrogen) atoms. The zero-order chi connectivity index (χ0) is 62.9. The van der Waals surface area contributed by atoms with Gasteiger partial charge in [-0.1, -0.05) is 72.8 Å². The molecule has 12 rings (SSSR count). The first-order valence-electron chi connectivity index (χ1n) is 33.4. The lowest BCUT2D eigenvalue weighted by Crippen LogP contribution is -2.29. The van der Waals surface area contributed by atoms with E-state index in [0.29, 0.717) is 106 Å². The molecule has 4 heterocycles. The minimum absolute atomic E-state index is 0.565. The third kappa shape index (κ3) is 14.6. The van der Waals surface area contributed by atoms with Gasteiger partial charge in [0, 0.05) is 159 Å². The summed E-state index contributed by atoms with van der Waals surface area (Å²) in [7, 11) is 0. The van der Waals surface area contributed by atoms with Gasteiger partial charge in [-0.15, -0.1) is 0 Å². The Morgan fingerprint density at radius 3 is 1.36 bits per heavy atom. The molecule has 0 spiro atoms. The lowest BCUT2D eigenvalue weighted by atomic mass is 10.0. The van der Waals surface area contributed by atoms with Crippen LogP contribution in [-0.2, 0) is 70.4 Å². The summed E-state index contributed by atoms with van der Waals surface area (Å²) in [5, 5.41) is 6.05. The molecule has 0 atom stereocenters. The van der Waals surface area contributed by atoms with E-state index in [4.69, 9.17) is 37.9 Å². The second-order valence-electron chi connectivity index (χ2n) is 23.1. The topological polar surface area (TPSA) is 98.4 Å². The summed E-state index contributed by atoms with van der Waals surface area (Å²) in [4.78, 5) is 7.33. The van der Waals surface area contributed by atoms with Crippen molar-refractivity contribution in [2.75, 3.05) is 133 Å². The maximum absolute atomic E-state index is 6.13. The van der Waals surface area contributed by atoms with Crippen molar-refractivity contribution >= 4 is 94.7 Å². The molecular formula is C78H90N6O8. The third-order valence-electron chi connectivity index (χ3n) is 17.6. The Morgan fingerprint density at radius 1 is 0.370 bits per heavy atom. The average molecular weight is 1240 g/mol. The summed E-state index contributed by atoms with van der Waals surface area (Å²) < 4.78 is 54.1. The molecule has 0 bridgehead atoms. The van der Waals surface area contributed by atoms with E-state index in [1.54, 1.807) is 0 Å². The molecule has 10 aromatic rings. The zero-order valence-corrected chi connectivity index (χ0v) is 54.2. The van der Waals surface area contributed by atoms with Crippen molar-refractivity contribution < 1.29 is 37.9 Å². The van der Waals surface area contributed by atoms with E-state index in [9.17, 15) is 0 Å². The number of para-hydroxylation sites is 3. The lowest BCUT2D eigenvalue weighted by molar-refractivity contribution is 0.0500. The van der Waals surface area contributed by atoms with Crippen LogP contribution < -0.4 is 14.7 Å². The van der Waals surface area contributed by atoms with E-state index < -0.39 is 0 Å². The van der Waals surface area contributed by atoms with Gasteiger partial charge in [0.05, 0.1) is 79.3 Å². The van der Waals surface area contributed by atoms with Crippen LogP contribution in [0.25, 0.3) is 60.6 Å². The predicted octanol–water partition coefficient (Wildman–Crippen LogP) is 16.1. The average Bonchev–Trinajstić information content (AvgIpc) is 1.57. The van der Waals surface area contributed by atoms with Crippen LogP contribution >= 0.6 is 0 Å². The molecule has 0 saturated heterocycles. The number of ether oxygens (including phenoxy) is 8. The monoisotopic (exact) mass is 1240 g/mol. The normalized spacial score (nSPS) is 14.3. The van der Waals surface area contributed by atoms with Crippen LogP contribution in [-0.4, -0.2) is 133 Å². The Balaban J connectivity index is 0.963. The maximum Gasteiger partial charge on any atom is 0.0701 e. The number of aromatic nitrogens is 3. The molecule has 0 radical (unpaired) electrons. The van der Waals surface area contributed by atoms with Gasteiger partial charge in [0.2, 0.25) is 0 Å². The molecule has 7 aromatic carbocycles. The molecule has 1 aliphatic heterocycles. The number of rotatable bonds is 34. The number of anilines is 6. The van der Waals surface area contributed by atoms with Gasteiger partial charge in [-0.2, -0.15) is 0 Å². The molecule has 0 saturated carbocycles. The Morgan fingerprint density at radius 2 is 0.804 bits per heavy atom. The molecule has 14 nitrogen and oxygen atoms in total. The van der Waals surface area contributed by atoms with Gasteiger partial charge in [-0.3, -0.25) is 0 Å². The first-order valence-corrected chi connectivity index (χ1v) is 33.4. The first-order chi connectivity index (χ1) is 45.6. The van der Waals surface area contributed by atoms with Gasteiger partial charge >= 0.3 is 0 Å². The van der Waals surface area contributed by atoms with Gasteiger partial charge in [-0.25, -0.2) is 0 Å². The van der Waals surface area contributed by atoms with Crippen LogP contribution in [0.15, 0.2) is 182 Å². The standard InChI is InChI=1S/C78H90N6O8/c1-5-85-48-52-89-44-40-79-39-17-19-60(28-27-59-18-9-13-23-72(59)79)83(63-33-36-76-69(56-63)66-20-10-14-24-73(66)80(76)41-45-90-53-49-86-6-2)61-29-31-62(32-30-61)84(64-34-37-77-70(57-64)67-21-11-15-25-74(67)81(77)42-46-91-54-50-87-7-3)65-35-38-78-71(58-65)68-22-12-16-26-75(68)82(78)43-47-92-55-51-88-8-4/h9,11-19,21-26,28-38,56-58H,5-8,10,20,27,39-55H2,1-4H3/b19-17-,60-28+. The van der Waals surface area contributed by atoms with Crippen molar-refractivity contribution in [1.29, 1.82) is 0 Å². The summed E-state index contributed by atoms with van der Waals surface area (Å²) in [5.41, 5.74) is 17.4. The zero-order valence-electron chi connectivity index (χ0n) is 54.2. The van der Waals surface area contributed by atoms with Crippen molar-refractivity contribution in [1.82, 2.24) is 13.7 Å². The molecule has 0 N–H and O–H groups in total. The van der Waals surface area contributed by atoms with E-state index in [1.165, 1.54) is 77.0 Å². The minimum Gasteiger partial charge on any atom is -0.379 e. The van der Waals surface area contributed by atoms with E-state index in [1.807, 2.05) is 27.7 Å². The van der Waals surface area contributed by atoms with E-state index in [0.717, 1.165) is 86.1 Å². The Bertz CT molecular complexity index is 4010. The van der Waals surface area contributed by atoms with Crippen LogP contribution in [0.4, 0.5) is 34.1 Å². The highest BCUT2D eigenvalue weighted by molar-refractivity contribution is 6.11. The molecule has 3 aromatic heterocycles. The van der Waals surface area contributed by atoms with Crippen LogP contribution in [0.5, 0.6) is 0 Å². The molecule has 480 valence electrons. The van der Waals surface area contributed by atoms with Crippen LogP contribution in [0.1, 0.15) is 50.9 Å². The number of benzene rings is 7. The fourth-order valence-electron chi connectivity index (χ4n) is 13.3. The molecule has 0 amide bonds. The second kappa shape index (κ2) is 32.0. The van der Waals surface area contributed by atoms with Crippen molar-refractivity contribution in [3.05, 3.63) is 198 Å². The number of nitrogens with zero attached hydrogens (tertiary/aromatic N) is 6. The highest BCUT2D eigenvalue weighted by atomic mass is 16.5. The summed E-state index contributed by atoms with van der Waals surface area (Å²) in [5.74, 6) is 0. The summed E-state index contributed by atoms with van der Waals surface area (Å²) in [6.45, 7) is 21.5. The van der Waals surface area contributed by atoms with E-state index in [-0.39, 0.29) is 0 Å². The van der Waals surface area contributed by atoms with Crippen LogP contribution in [0.3, 0.4) is 0 Å². The quantitative estimate of drug-likeness (QED) is 0.0361. The number of allylic oxidation sites excluding steroid dienone is 3. The second-order valence-corrected chi connectivity index (χ2v) is 23.1. The molecule has 1 aliphatic carbocycles. The summed E-state index contributed by atoms with van der Waals surface area (Å²) in [6.07, 6.45) is 14.4. The van der Waals surface area contributed by atoms with Crippen LogP contribution in [0, 0.1) is 0 Å². The van der Waals surface area contributed by atoms with Gasteiger partial charge < -0.3 is 66.3 Å². The van der Waals surface area contributed by atoms with Crippen molar-refractivity contribution in [3.8, 4) is 0 Å². The lowest BCUT2D eigenvalue weighted by Gasteiger charge is -2.29. The SMILES string of the molecule is CCOCCOCCN1C/C=C\C(N(c2ccc(N(c3ccc4c(c3)c3ccccc3n4CCOCCOCC)c3ccc4c(c3)c3ccccc3n4CCOCCOCC)cc2)c2ccc3c(c2)c2c(n3CCOCCOCC)C=CCC2)=C/Cc2ccccc21. The van der Waals surface area contributed by atoms with Crippen molar-refractivity contribution in [2.24, 2.45) is 0 Å². The third-order valence-corrected chi connectivity index (χ3v) is 17.6. The van der Waals surface area contributed by atoms with Gasteiger partial charge in [0.15, 0.2) is 0 Å².